The molecule has 2 aliphatic heterocycles. The van der Waals surface area contributed by atoms with E-state index in [0.717, 1.165) is 45.3 Å². The Labute approximate surface area is 222 Å². The maximum Gasteiger partial charge on any atom is 0.343 e. The van der Waals surface area contributed by atoms with Crippen molar-refractivity contribution in [3.8, 4) is 0 Å². The zero-order chi connectivity index (χ0) is 25.9. The van der Waals surface area contributed by atoms with E-state index in [9.17, 15) is 9.59 Å². The highest BCUT2D eigenvalue weighted by Crippen LogP contribution is 2.39. The van der Waals surface area contributed by atoms with Gasteiger partial charge in [0, 0.05) is 32.2 Å². The SMILES string of the molecule is CCN1C(=O)N(C)c2cnc(Nc3ccc(C(=O)NCCN4CCCC4)cc3Cl)nc2N1C1CCCC1. The van der Waals surface area contributed by atoms with Crippen molar-refractivity contribution < 1.29 is 9.59 Å². The van der Waals surface area contributed by atoms with E-state index in [1.807, 2.05) is 6.92 Å². The molecule has 3 heterocycles. The number of fused-ring (bicyclic) bond motifs is 1. The molecular formula is C26H35ClN8O2. The summed E-state index contributed by atoms with van der Waals surface area (Å²) in [5, 5.41) is 10.4. The number of rotatable bonds is 8. The number of aromatic nitrogens is 2. The number of urea groups is 1. The molecule has 1 saturated heterocycles. The molecule has 0 unspecified atom stereocenters. The zero-order valence-corrected chi connectivity index (χ0v) is 22.3. The number of amides is 3. The van der Waals surface area contributed by atoms with Gasteiger partial charge in [-0.2, -0.15) is 4.98 Å². The van der Waals surface area contributed by atoms with Crippen molar-refractivity contribution in [3.63, 3.8) is 0 Å². The van der Waals surface area contributed by atoms with Crippen LogP contribution in [0.5, 0.6) is 0 Å². The van der Waals surface area contributed by atoms with Crippen LogP contribution in [-0.4, -0.2) is 77.6 Å². The molecular weight excluding hydrogens is 492 g/mol. The van der Waals surface area contributed by atoms with Gasteiger partial charge < -0.3 is 15.5 Å². The summed E-state index contributed by atoms with van der Waals surface area (Å²) in [5.41, 5.74) is 1.80. The molecule has 2 aromatic rings. The molecule has 0 spiro atoms. The van der Waals surface area contributed by atoms with Crippen LogP contribution in [0.3, 0.4) is 0 Å². The summed E-state index contributed by atoms with van der Waals surface area (Å²) in [6.07, 6.45) is 8.46. The average molecular weight is 527 g/mol. The van der Waals surface area contributed by atoms with Crippen LogP contribution < -0.4 is 20.5 Å². The molecule has 0 bridgehead atoms. The van der Waals surface area contributed by atoms with Gasteiger partial charge in [-0.25, -0.2) is 14.8 Å². The largest absolute Gasteiger partial charge is 0.351 e. The summed E-state index contributed by atoms with van der Waals surface area (Å²) in [6, 6.07) is 5.32. The minimum Gasteiger partial charge on any atom is -0.351 e. The Kier molecular flexibility index (Phi) is 7.66. The Morgan fingerprint density at radius 1 is 1.16 bits per heavy atom. The number of nitrogens with one attached hydrogen (secondary N) is 2. The third-order valence-electron chi connectivity index (χ3n) is 7.46. The van der Waals surface area contributed by atoms with Crippen molar-refractivity contribution in [1.82, 2.24) is 25.2 Å². The summed E-state index contributed by atoms with van der Waals surface area (Å²) >= 11 is 6.55. The minimum atomic E-state index is -0.141. The van der Waals surface area contributed by atoms with E-state index in [-0.39, 0.29) is 18.0 Å². The first kappa shape index (κ1) is 25.5. The van der Waals surface area contributed by atoms with E-state index in [1.165, 1.54) is 12.8 Å². The summed E-state index contributed by atoms with van der Waals surface area (Å²) in [5.74, 6) is 0.945. The fourth-order valence-electron chi connectivity index (χ4n) is 5.44. The lowest BCUT2D eigenvalue weighted by molar-refractivity contribution is 0.0949. The maximum atomic E-state index is 13.0. The number of hydrogen-bond donors (Lipinski definition) is 2. The third-order valence-corrected chi connectivity index (χ3v) is 7.77. The van der Waals surface area contributed by atoms with E-state index in [2.05, 4.69) is 25.5 Å². The highest BCUT2D eigenvalue weighted by atomic mass is 35.5. The molecule has 11 heteroatoms. The van der Waals surface area contributed by atoms with Gasteiger partial charge in [-0.3, -0.25) is 14.7 Å². The first-order valence-electron chi connectivity index (χ1n) is 13.2. The van der Waals surface area contributed by atoms with E-state index in [1.54, 1.807) is 41.4 Å². The first-order valence-corrected chi connectivity index (χ1v) is 13.6. The normalized spacial score (nSPS) is 18.5. The van der Waals surface area contributed by atoms with Gasteiger partial charge in [0.1, 0.15) is 5.69 Å². The maximum absolute atomic E-state index is 13.0. The lowest BCUT2D eigenvalue weighted by Crippen LogP contribution is -2.59. The molecule has 0 radical (unpaired) electrons. The number of anilines is 4. The quantitative estimate of drug-likeness (QED) is 0.530. The second-order valence-electron chi connectivity index (χ2n) is 9.87. The highest BCUT2D eigenvalue weighted by Gasteiger charge is 2.39. The van der Waals surface area contributed by atoms with Crippen molar-refractivity contribution in [1.29, 1.82) is 0 Å². The van der Waals surface area contributed by atoms with Crippen LogP contribution in [-0.2, 0) is 0 Å². The van der Waals surface area contributed by atoms with Gasteiger partial charge in [0.25, 0.3) is 5.91 Å². The topological polar surface area (TPSA) is 96.9 Å². The van der Waals surface area contributed by atoms with E-state index in [0.29, 0.717) is 46.8 Å². The molecule has 1 saturated carbocycles. The van der Waals surface area contributed by atoms with Crippen molar-refractivity contribution in [2.45, 2.75) is 51.5 Å². The molecule has 0 atom stereocenters. The molecule has 1 aromatic heterocycles. The molecule has 1 aromatic carbocycles. The Hall–Kier alpha value is -3.11. The number of benzene rings is 1. The molecule has 5 rings (SSSR count). The van der Waals surface area contributed by atoms with Gasteiger partial charge in [0.2, 0.25) is 5.95 Å². The molecule has 10 nitrogen and oxygen atoms in total. The number of halogens is 1. The second-order valence-corrected chi connectivity index (χ2v) is 10.3. The number of hydrogen-bond acceptors (Lipinski definition) is 7. The Balaban J connectivity index is 1.31. The predicted octanol–water partition coefficient (Wildman–Crippen LogP) is 4.25. The monoisotopic (exact) mass is 526 g/mol. The molecule has 2 N–H and O–H groups in total. The smallest absolute Gasteiger partial charge is 0.343 e. The standard InChI is InChI=1S/C26H35ClN8O2/c1-3-34-26(37)32(2)22-17-29-25(31-23(22)35(34)19-8-4-5-9-19)30-21-11-10-18(16-20(21)27)24(36)28-12-15-33-13-6-7-14-33/h10-11,16-17,19H,3-9,12-15H2,1-2H3,(H,28,36)(H,29,30,31). The van der Waals surface area contributed by atoms with Crippen LogP contribution in [0.25, 0.3) is 0 Å². The number of carbonyl (C=O) groups excluding carboxylic acids is 2. The number of nitrogens with zero attached hydrogens (tertiary/aromatic N) is 6. The second kappa shape index (κ2) is 11.1. The van der Waals surface area contributed by atoms with Crippen molar-refractivity contribution in [2.75, 3.05) is 55.0 Å². The van der Waals surface area contributed by atoms with Crippen molar-refractivity contribution in [2.24, 2.45) is 0 Å². The summed E-state index contributed by atoms with van der Waals surface area (Å²) in [7, 11) is 1.75. The Morgan fingerprint density at radius 3 is 2.62 bits per heavy atom. The lowest BCUT2D eigenvalue weighted by Gasteiger charge is -2.45. The molecule has 3 amide bonds. The number of likely N-dealkylation sites (tertiary alicyclic amines) is 1. The minimum absolute atomic E-state index is 0.0800. The van der Waals surface area contributed by atoms with E-state index in [4.69, 9.17) is 16.6 Å². The summed E-state index contributed by atoms with van der Waals surface area (Å²) < 4.78 is 0. The molecule has 37 heavy (non-hydrogen) atoms. The van der Waals surface area contributed by atoms with Gasteiger partial charge in [0.05, 0.1) is 22.9 Å². The zero-order valence-electron chi connectivity index (χ0n) is 21.5. The van der Waals surface area contributed by atoms with Gasteiger partial charge >= 0.3 is 6.03 Å². The Morgan fingerprint density at radius 2 is 1.92 bits per heavy atom. The van der Waals surface area contributed by atoms with E-state index < -0.39 is 0 Å². The summed E-state index contributed by atoms with van der Waals surface area (Å²) in [6.45, 7) is 6.22. The summed E-state index contributed by atoms with van der Waals surface area (Å²) in [4.78, 5) is 38.9. The van der Waals surface area contributed by atoms with Crippen LogP contribution in [0.2, 0.25) is 5.02 Å². The van der Waals surface area contributed by atoms with Crippen LogP contribution in [0.15, 0.2) is 24.4 Å². The van der Waals surface area contributed by atoms with Crippen molar-refractivity contribution in [3.05, 3.63) is 35.0 Å². The van der Waals surface area contributed by atoms with Crippen LogP contribution >= 0.6 is 11.6 Å². The molecule has 1 aliphatic carbocycles. The first-order chi connectivity index (χ1) is 18.0. The number of carbonyl (C=O) groups is 2. The molecule has 2 fully saturated rings. The number of hydrazine groups is 1. The average Bonchev–Trinajstić information content (AvgIpc) is 3.62. The molecule has 3 aliphatic rings. The van der Waals surface area contributed by atoms with Crippen LogP contribution in [0.4, 0.5) is 27.9 Å². The van der Waals surface area contributed by atoms with Gasteiger partial charge in [-0.1, -0.05) is 24.4 Å². The predicted molar refractivity (Wildman–Crippen MR) is 146 cm³/mol. The Bertz CT molecular complexity index is 1150. The third kappa shape index (κ3) is 5.31. The molecule has 198 valence electrons. The highest BCUT2D eigenvalue weighted by molar-refractivity contribution is 6.33. The lowest BCUT2D eigenvalue weighted by atomic mass is 10.2. The van der Waals surface area contributed by atoms with Crippen LogP contribution in [0, 0.1) is 0 Å². The van der Waals surface area contributed by atoms with Gasteiger partial charge in [-0.15, -0.1) is 0 Å². The van der Waals surface area contributed by atoms with Crippen LogP contribution in [0.1, 0.15) is 55.8 Å². The van der Waals surface area contributed by atoms with Gasteiger partial charge in [0.15, 0.2) is 5.82 Å². The fourth-order valence-corrected chi connectivity index (χ4v) is 5.66. The van der Waals surface area contributed by atoms with Gasteiger partial charge in [-0.05, 0) is 63.9 Å². The van der Waals surface area contributed by atoms with E-state index >= 15 is 0 Å². The fraction of sp³-hybridized carbons (Fsp3) is 0.538. The van der Waals surface area contributed by atoms with Crippen molar-refractivity contribution >= 4 is 46.7 Å².